The Hall–Kier alpha value is -3.07. The average molecular weight is 617 g/mol. The van der Waals surface area contributed by atoms with E-state index in [2.05, 4.69) is 5.32 Å². The average Bonchev–Trinajstić information content (AvgIpc) is 3.45. The Labute approximate surface area is 252 Å². The fraction of sp³-hybridized carbons (Fsp3) is 0.355. The van der Waals surface area contributed by atoms with Crippen molar-refractivity contribution >= 4 is 50.7 Å². The maximum absolute atomic E-state index is 14.1. The number of anilines is 1. The third kappa shape index (κ3) is 7.42. The van der Waals surface area contributed by atoms with E-state index in [0.717, 1.165) is 46.7 Å². The van der Waals surface area contributed by atoms with Crippen LogP contribution in [0.5, 0.6) is 0 Å². The number of benzene rings is 3. The van der Waals surface area contributed by atoms with Crippen LogP contribution in [0.4, 0.5) is 5.69 Å². The number of sulfonamides is 1. The first kappa shape index (κ1) is 30.9. The van der Waals surface area contributed by atoms with E-state index in [0.29, 0.717) is 0 Å². The van der Waals surface area contributed by atoms with E-state index in [4.69, 9.17) is 23.2 Å². The second-order valence-corrected chi connectivity index (χ2v) is 13.2. The molecule has 0 unspecified atom stereocenters. The van der Waals surface area contributed by atoms with Gasteiger partial charge in [-0.1, -0.05) is 89.6 Å². The topological polar surface area (TPSA) is 86.8 Å². The highest BCUT2D eigenvalue weighted by atomic mass is 35.5. The molecule has 2 amide bonds. The first-order valence-corrected chi connectivity index (χ1v) is 15.9. The highest BCUT2D eigenvalue weighted by Crippen LogP contribution is 2.35. The largest absolute Gasteiger partial charge is 0.352 e. The second kappa shape index (κ2) is 13.3. The molecule has 1 aliphatic carbocycles. The molecule has 0 spiro atoms. The number of rotatable bonds is 10. The van der Waals surface area contributed by atoms with Crippen LogP contribution in [0.3, 0.4) is 0 Å². The minimum absolute atomic E-state index is 0.00389. The molecule has 1 aliphatic rings. The minimum Gasteiger partial charge on any atom is -0.352 e. The van der Waals surface area contributed by atoms with Gasteiger partial charge in [-0.05, 0) is 63.4 Å². The van der Waals surface area contributed by atoms with Gasteiger partial charge >= 0.3 is 0 Å². The van der Waals surface area contributed by atoms with Crippen LogP contribution in [-0.2, 0) is 26.2 Å². The molecule has 41 heavy (non-hydrogen) atoms. The zero-order valence-electron chi connectivity index (χ0n) is 23.4. The Bertz CT molecular complexity index is 1510. The van der Waals surface area contributed by atoms with Gasteiger partial charge < -0.3 is 10.2 Å². The third-order valence-electron chi connectivity index (χ3n) is 7.39. The second-order valence-electron chi connectivity index (χ2n) is 10.6. The SMILES string of the molecule is Cc1ccc(S(=O)(=O)N(CC(=O)N(Cc2cccc(C)c2)[C@H](C)C(=O)NC2CCCC2)c2cccc(Cl)c2Cl)cc1. The summed E-state index contributed by atoms with van der Waals surface area (Å²) in [4.78, 5) is 28.9. The molecule has 10 heteroatoms. The van der Waals surface area contributed by atoms with Crippen LogP contribution >= 0.6 is 23.2 Å². The summed E-state index contributed by atoms with van der Waals surface area (Å²) in [5.41, 5.74) is 2.80. The van der Waals surface area contributed by atoms with Gasteiger partial charge in [-0.3, -0.25) is 13.9 Å². The standard InChI is InChI=1S/C31H35Cl2N3O4S/c1-21-14-16-26(17-15-21)41(39,40)36(28-13-7-12-27(32)30(28)33)20-29(37)35(19-24-9-6-8-22(2)18-24)23(3)31(38)34-25-10-4-5-11-25/h6-9,12-18,23,25H,4-5,10-11,19-20H2,1-3H3,(H,34,38)/t23-/m1/s1. The zero-order chi connectivity index (χ0) is 29.7. The number of hydrogen-bond acceptors (Lipinski definition) is 4. The Balaban J connectivity index is 1.72. The molecule has 0 aliphatic heterocycles. The molecule has 4 rings (SSSR count). The predicted molar refractivity (Wildman–Crippen MR) is 164 cm³/mol. The highest BCUT2D eigenvalue weighted by Gasteiger charge is 2.34. The fourth-order valence-corrected chi connectivity index (χ4v) is 6.89. The summed E-state index contributed by atoms with van der Waals surface area (Å²) in [6, 6.07) is 17.9. The van der Waals surface area contributed by atoms with Gasteiger partial charge in [-0.2, -0.15) is 0 Å². The van der Waals surface area contributed by atoms with Crippen molar-refractivity contribution in [2.45, 2.75) is 70.0 Å². The zero-order valence-corrected chi connectivity index (χ0v) is 25.8. The number of nitrogens with one attached hydrogen (secondary N) is 1. The predicted octanol–water partition coefficient (Wildman–Crippen LogP) is 6.28. The number of nitrogens with zero attached hydrogens (tertiary/aromatic N) is 2. The van der Waals surface area contributed by atoms with Gasteiger partial charge in [0.25, 0.3) is 10.0 Å². The van der Waals surface area contributed by atoms with Crippen LogP contribution in [0, 0.1) is 13.8 Å². The molecule has 0 saturated heterocycles. The molecule has 3 aromatic carbocycles. The van der Waals surface area contributed by atoms with Gasteiger partial charge in [0, 0.05) is 12.6 Å². The lowest BCUT2D eigenvalue weighted by Gasteiger charge is -2.33. The smallest absolute Gasteiger partial charge is 0.264 e. The van der Waals surface area contributed by atoms with Crippen molar-refractivity contribution in [3.8, 4) is 0 Å². The van der Waals surface area contributed by atoms with Crippen LogP contribution in [0.2, 0.25) is 10.0 Å². The maximum atomic E-state index is 14.1. The van der Waals surface area contributed by atoms with Crippen LogP contribution in [0.25, 0.3) is 0 Å². The molecule has 1 saturated carbocycles. The maximum Gasteiger partial charge on any atom is 0.264 e. The normalized spacial score (nSPS) is 14.5. The van der Waals surface area contributed by atoms with Gasteiger partial charge in [0.1, 0.15) is 12.6 Å². The number of halogens is 2. The Morgan fingerprint density at radius 1 is 0.951 bits per heavy atom. The monoisotopic (exact) mass is 615 g/mol. The molecule has 0 heterocycles. The van der Waals surface area contributed by atoms with Crippen molar-refractivity contribution in [3.63, 3.8) is 0 Å². The van der Waals surface area contributed by atoms with Crippen molar-refractivity contribution in [2.24, 2.45) is 0 Å². The molecule has 0 radical (unpaired) electrons. The van der Waals surface area contributed by atoms with Crippen molar-refractivity contribution in [1.29, 1.82) is 0 Å². The van der Waals surface area contributed by atoms with E-state index in [9.17, 15) is 18.0 Å². The van der Waals surface area contributed by atoms with E-state index < -0.39 is 28.5 Å². The van der Waals surface area contributed by atoms with Crippen molar-refractivity contribution in [2.75, 3.05) is 10.8 Å². The van der Waals surface area contributed by atoms with Gasteiger partial charge in [-0.25, -0.2) is 8.42 Å². The van der Waals surface area contributed by atoms with Crippen molar-refractivity contribution in [1.82, 2.24) is 10.2 Å². The Morgan fingerprint density at radius 3 is 2.27 bits per heavy atom. The molecular weight excluding hydrogens is 581 g/mol. The number of carbonyl (C=O) groups excluding carboxylic acids is 2. The van der Waals surface area contributed by atoms with Gasteiger partial charge in [0.15, 0.2) is 0 Å². The van der Waals surface area contributed by atoms with E-state index in [1.165, 1.54) is 23.1 Å². The Morgan fingerprint density at radius 2 is 1.61 bits per heavy atom. The third-order valence-corrected chi connectivity index (χ3v) is 9.97. The molecule has 218 valence electrons. The van der Waals surface area contributed by atoms with E-state index in [1.54, 1.807) is 31.2 Å². The fourth-order valence-electron chi connectivity index (χ4n) is 5.02. The first-order chi connectivity index (χ1) is 19.5. The van der Waals surface area contributed by atoms with E-state index in [1.807, 2.05) is 38.1 Å². The van der Waals surface area contributed by atoms with Gasteiger partial charge in [0.2, 0.25) is 11.8 Å². The first-order valence-electron chi connectivity index (χ1n) is 13.7. The quantitative estimate of drug-likeness (QED) is 0.291. The van der Waals surface area contributed by atoms with Crippen LogP contribution in [0.1, 0.15) is 49.3 Å². The highest BCUT2D eigenvalue weighted by molar-refractivity contribution is 7.92. The van der Waals surface area contributed by atoms with E-state index >= 15 is 0 Å². The molecule has 3 aromatic rings. The molecule has 0 bridgehead atoms. The summed E-state index contributed by atoms with van der Waals surface area (Å²) in [6.07, 6.45) is 3.91. The lowest BCUT2D eigenvalue weighted by molar-refractivity contribution is -0.139. The van der Waals surface area contributed by atoms with Crippen LogP contribution < -0.4 is 9.62 Å². The van der Waals surface area contributed by atoms with E-state index in [-0.39, 0.29) is 39.1 Å². The number of aryl methyl sites for hydroxylation is 2. The number of hydrogen-bond donors (Lipinski definition) is 1. The summed E-state index contributed by atoms with van der Waals surface area (Å²) in [5, 5.41) is 3.23. The van der Waals surface area contributed by atoms with Crippen LogP contribution in [-0.4, -0.2) is 43.8 Å². The number of carbonyl (C=O) groups is 2. The summed E-state index contributed by atoms with van der Waals surface area (Å²) >= 11 is 12.8. The lowest BCUT2D eigenvalue weighted by atomic mass is 10.1. The van der Waals surface area contributed by atoms with Crippen LogP contribution in [0.15, 0.2) is 71.6 Å². The molecule has 1 fully saturated rings. The minimum atomic E-state index is -4.24. The van der Waals surface area contributed by atoms with Gasteiger partial charge in [-0.15, -0.1) is 0 Å². The van der Waals surface area contributed by atoms with Gasteiger partial charge in [0.05, 0.1) is 20.6 Å². The molecular formula is C31H35Cl2N3O4S. The molecule has 1 N–H and O–H groups in total. The Kier molecular flexibility index (Phi) is 10.00. The lowest BCUT2D eigenvalue weighted by Crippen LogP contribution is -2.52. The molecule has 7 nitrogen and oxygen atoms in total. The molecule has 0 aromatic heterocycles. The van der Waals surface area contributed by atoms with Crippen molar-refractivity contribution < 1.29 is 18.0 Å². The number of amides is 2. The summed E-state index contributed by atoms with van der Waals surface area (Å²) in [6.45, 7) is 5.02. The summed E-state index contributed by atoms with van der Waals surface area (Å²) in [7, 11) is -4.24. The summed E-state index contributed by atoms with van der Waals surface area (Å²) < 4.78 is 28.9. The molecule has 1 atom stereocenters. The summed E-state index contributed by atoms with van der Waals surface area (Å²) in [5.74, 6) is -0.820. The van der Waals surface area contributed by atoms with Crippen molar-refractivity contribution in [3.05, 3.63) is 93.5 Å².